The molecule has 0 amide bonds. The van der Waals surface area contributed by atoms with Gasteiger partial charge in [-0.25, -0.2) is 0 Å². The van der Waals surface area contributed by atoms with Gasteiger partial charge >= 0.3 is 0 Å². The molecule has 0 bridgehead atoms. The van der Waals surface area contributed by atoms with Gasteiger partial charge in [-0.2, -0.15) is 0 Å². The number of ether oxygens (including phenoxy) is 1. The van der Waals surface area contributed by atoms with Gasteiger partial charge in [0.2, 0.25) is 0 Å². The first-order valence-corrected chi connectivity index (χ1v) is 16.3. The van der Waals surface area contributed by atoms with E-state index in [1.807, 2.05) is 0 Å². The van der Waals surface area contributed by atoms with Crippen LogP contribution in [0.5, 0.6) is 5.75 Å². The van der Waals surface area contributed by atoms with Gasteiger partial charge in [-0.3, -0.25) is 4.79 Å². The van der Waals surface area contributed by atoms with Crippen molar-refractivity contribution in [3.63, 3.8) is 0 Å². The quantitative estimate of drug-likeness (QED) is 0.194. The van der Waals surface area contributed by atoms with E-state index >= 15 is 0 Å². The molecule has 222 valence electrons. The molecule has 1 fully saturated rings. The van der Waals surface area contributed by atoms with E-state index in [2.05, 4.69) is 59.0 Å². The van der Waals surface area contributed by atoms with E-state index in [1.165, 1.54) is 76.2 Å². The van der Waals surface area contributed by atoms with Gasteiger partial charge in [-0.1, -0.05) is 106 Å². The first kappa shape index (κ1) is 32.1. The number of unbranched alkanes of at least 4 members (excludes halogenated alkanes) is 9. The molecule has 39 heavy (non-hydrogen) atoms. The highest BCUT2D eigenvalue weighted by molar-refractivity contribution is 6.00. The van der Waals surface area contributed by atoms with Crippen molar-refractivity contribution in [2.75, 3.05) is 19.7 Å². The van der Waals surface area contributed by atoms with Crippen molar-refractivity contribution in [3.05, 3.63) is 28.8 Å². The fourth-order valence-corrected chi connectivity index (χ4v) is 7.37. The molecule has 1 aromatic rings. The minimum atomic E-state index is -0.553. The molecule has 1 unspecified atom stereocenters. The lowest BCUT2D eigenvalue weighted by molar-refractivity contribution is 0.0366. The van der Waals surface area contributed by atoms with E-state index in [-0.39, 0.29) is 29.1 Å². The van der Waals surface area contributed by atoms with Crippen molar-refractivity contribution in [1.29, 1.82) is 0 Å². The maximum Gasteiger partial charge on any atom is 0.163 e. The molecule has 0 saturated heterocycles. The first-order valence-electron chi connectivity index (χ1n) is 16.3. The third kappa shape index (κ3) is 8.55. The summed E-state index contributed by atoms with van der Waals surface area (Å²) >= 11 is 0. The fourth-order valence-electron chi connectivity index (χ4n) is 7.37. The smallest absolute Gasteiger partial charge is 0.163 e. The molecule has 3 atom stereocenters. The lowest BCUT2D eigenvalue weighted by Gasteiger charge is -2.54. The first-order chi connectivity index (χ1) is 18.6. The van der Waals surface area contributed by atoms with Gasteiger partial charge in [0.1, 0.15) is 18.5 Å². The SMILES string of the molecule is CCCCCCCCCCCCNCC(O)COc1cc2c(cc1C(C)C)C(=O)C[C@H]1C(C)(C)CCC[C@]21C. The Morgan fingerprint density at radius 1 is 0.974 bits per heavy atom. The number of nitrogens with one attached hydrogen (secondary N) is 1. The van der Waals surface area contributed by atoms with Crippen molar-refractivity contribution in [2.45, 2.75) is 149 Å². The number of carbonyl (C=O) groups excluding carboxylic acids is 1. The second-order valence-corrected chi connectivity index (χ2v) is 13.9. The van der Waals surface area contributed by atoms with E-state index in [0.29, 0.717) is 18.9 Å². The summed E-state index contributed by atoms with van der Waals surface area (Å²) in [5.74, 6) is 1.73. The van der Waals surface area contributed by atoms with Crippen LogP contribution < -0.4 is 10.1 Å². The second kappa shape index (κ2) is 15.0. The molecule has 2 aliphatic rings. The number of ketones is 1. The van der Waals surface area contributed by atoms with Crippen LogP contribution in [0, 0.1) is 11.3 Å². The Bertz CT molecular complexity index is 907. The number of rotatable bonds is 17. The number of Topliss-reactive ketones (excluding diaryl/α,β-unsaturated/α-hetero) is 1. The number of fused-ring (bicyclic) bond motifs is 3. The average Bonchev–Trinajstić information content (AvgIpc) is 2.89. The standard InChI is InChI=1S/C35H59NO3/c1-7-8-9-10-11-12-13-14-15-16-20-36-24-27(37)25-39-32-22-30-29(21-28(32)26(2)3)31(38)23-33-34(4,5)18-17-19-35(30,33)6/h21-22,26-27,33,36-37H,7-20,23-25H2,1-6H3/t27?,33-,35+/m0/s1. The van der Waals surface area contributed by atoms with Crippen molar-refractivity contribution in [3.8, 4) is 5.75 Å². The van der Waals surface area contributed by atoms with Gasteiger partial charge < -0.3 is 15.2 Å². The second-order valence-electron chi connectivity index (χ2n) is 13.9. The Balaban J connectivity index is 1.49. The molecular weight excluding hydrogens is 482 g/mol. The van der Waals surface area contributed by atoms with Gasteiger partial charge in [-0.05, 0) is 71.7 Å². The highest BCUT2D eigenvalue weighted by Crippen LogP contribution is 2.57. The van der Waals surface area contributed by atoms with Crippen LogP contribution in [0.2, 0.25) is 0 Å². The van der Waals surface area contributed by atoms with Crippen LogP contribution in [-0.2, 0) is 5.41 Å². The van der Waals surface area contributed by atoms with Gasteiger partial charge in [0.15, 0.2) is 5.78 Å². The highest BCUT2D eigenvalue weighted by Gasteiger charge is 2.52. The van der Waals surface area contributed by atoms with Crippen LogP contribution >= 0.6 is 0 Å². The molecule has 0 spiro atoms. The van der Waals surface area contributed by atoms with Gasteiger partial charge in [0.05, 0.1) is 0 Å². The number of hydrogen-bond acceptors (Lipinski definition) is 4. The Kier molecular flexibility index (Phi) is 12.4. The number of aliphatic hydroxyl groups is 1. The normalized spacial score (nSPS) is 23.0. The zero-order valence-electron chi connectivity index (χ0n) is 26.2. The summed E-state index contributed by atoms with van der Waals surface area (Å²) in [7, 11) is 0. The zero-order valence-corrected chi connectivity index (χ0v) is 26.2. The molecule has 0 radical (unpaired) electrons. The predicted octanol–water partition coefficient (Wildman–Crippen LogP) is 8.73. The predicted molar refractivity (Wildman–Crippen MR) is 164 cm³/mol. The van der Waals surface area contributed by atoms with Crippen LogP contribution in [0.3, 0.4) is 0 Å². The number of carbonyl (C=O) groups is 1. The van der Waals surface area contributed by atoms with Crippen LogP contribution in [0.4, 0.5) is 0 Å². The third-order valence-corrected chi connectivity index (χ3v) is 9.83. The van der Waals surface area contributed by atoms with E-state index in [0.717, 1.165) is 36.3 Å². The maximum absolute atomic E-state index is 13.3. The van der Waals surface area contributed by atoms with Crippen LogP contribution in [-0.4, -0.2) is 36.7 Å². The molecule has 2 N–H and O–H groups in total. The Morgan fingerprint density at radius 2 is 1.62 bits per heavy atom. The van der Waals surface area contributed by atoms with Gasteiger partial charge in [0.25, 0.3) is 0 Å². The van der Waals surface area contributed by atoms with E-state index < -0.39 is 6.10 Å². The van der Waals surface area contributed by atoms with Crippen molar-refractivity contribution in [1.82, 2.24) is 5.32 Å². The summed E-state index contributed by atoms with van der Waals surface area (Å²) < 4.78 is 6.29. The molecule has 4 nitrogen and oxygen atoms in total. The molecule has 3 rings (SSSR count). The largest absolute Gasteiger partial charge is 0.491 e. The summed E-state index contributed by atoms with van der Waals surface area (Å²) in [5.41, 5.74) is 3.30. The molecular formula is C35H59NO3. The summed E-state index contributed by atoms with van der Waals surface area (Å²) in [4.78, 5) is 13.3. The minimum Gasteiger partial charge on any atom is -0.491 e. The van der Waals surface area contributed by atoms with E-state index in [9.17, 15) is 9.90 Å². The summed E-state index contributed by atoms with van der Waals surface area (Å²) in [6.07, 6.45) is 16.9. The molecule has 2 aliphatic carbocycles. The summed E-state index contributed by atoms with van der Waals surface area (Å²) in [5, 5.41) is 14.1. The topological polar surface area (TPSA) is 58.6 Å². The monoisotopic (exact) mass is 541 g/mol. The lowest BCUT2D eigenvalue weighted by atomic mass is 9.50. The number of hydrogen-bond donors (Lipinski definition) is 2. The average molecular weight is 542 g/mol. The molecule has 0 heterocycles. The summed E-state index contributed by atoms with van der Waals surface area (Å²) in [6.45, 7) is 15.4. The van der Waals surface area contributed by atoms with Crippen LogP contribution in [0.15, 0.2) is 12.1 Å². The lowest BCUT2D eigenvalue weighted by Crippen LogP contribution is -2.49. The molecule has 4 heteroatoms. The minimum absolute atomic E-state index is 0.00611. The van der Waals surface area contributed by atoms with Crippen molar-refractivity contribution in [2.24, 2.45) is 11.3 Å². The van der Waals surface area contributed by atoms with Crippen molar-refractivity contribution < 1.29 is 14.6 Å². The number of benzene rings is 1. The molecule has 0 aliphatic heterocycles. The highest BCUT2D eigenvalue weighted by atomic mass is 16.5. The van der Waals surface area contributed by atoms with Gasteiger partial charge in [0, 0.05) is 18.5 Å². The molecule has 1 saturated carbocycles. The Hall–Kier alpha value is -1.39. The van der Waals surface area contributed by atoms with E-state index in [4.69, 9.17) is 4.74 Å². The maximum atomic E-state index is 13.3. The third-order valence-electron chi connectivity index (χ3n) is 9.83. The van der Waals surface area contributed by atoms with E-state index in [1.54, 1.807) is 0 Å². The van der Waals surface area contributed by atoms with Crippen LogP contribution in [0.25, 0.3) is 0 Å². The van der Waals surface area contributed by atoms with Crippen molar-refractivity contribution >= 4 is 5.78 Å². The fraction of sp³-hybridized carbons (Fsp3) is 0.800. The number of aliphatic hydroxyl groups excluding tert-OH is 1. The van der Waals surface area contributed by atoms with Crippen LogP contribution in [0.1, 0.15) is 159 Å². The Morgan fingerprint density at radius 3 is 2.26 bits per heavy atom. The van der Waals surface area contributed by atoms with Gasteiger partial charge in [-0.15, -0.1) is 0 Å². The molecule has 1 aromatic carbocycles. The zero-order chi connectivity index (χ0) is 28.5. The molecule has 0 aromatic heterocycles. The Labute approximate surface area is 240 Å². The summed E-state index contributed by atoms with van der Waals surface area (Å²) in [6, 6.07) is 4.27.